The fourth-order valence-corrected chi connectivity index (χ4v) is 3.55. The molecule has 8 heteroatoms. The van der Waals surface area contributed by atoms with Crippen molar-refractivity contribution >= 4 is 5.65 Å². The van der Waals surface area contributed by atoms with Crippen molar-refractivity contribution in [2.24, 2.45) is 0 Å². The van der Waals surface area contributed by atoms with E-state index in [0.717, 1.165) is 39.5 Å². The Bertz CT molecular complexity index is 1160. The van der Waals surface area contributed by atoms with Gasteiger partial charge >= 0.3 is 0 Å². The molecule has 0 atom stereocenters. The van der Waals surface area contributed by atoms with Gasteiger partial charge in [0.2, 0.25) is 0 Å². The van der Waals surface area contributed by atoms with Gasteiger partial charge in [0.1, 0.15) is 11.6 Å². The molecule has 4 aromatic rings. The van der Waals surface area contributed by atoms with Crippen LogP contribution in [0.5, 0.6) is 5.75 Å². The first-order valence-corrected chi connectivity index (χ1v) is 9.84. The van der Waals surface area contributed by atoms with Crippen molar-refractivity contribution < 1.29 is 9.13 Å². The molecule has 1 aromatic carbocycles. The Morgan fingerprint density at radius 2 is 1.97 bits per heavy atom. The molecule has 0 spiro atoms. The fourth-order valence-electron chi connectivity index (χ4n) is 3.55. The molecule has 0 saturated heterocycles. The van der Waals surface area contributed by atoms with Crippen LogP contribution in [-0.4, -0.2) is 50.4 Å². The SMILES string of the molecule is Cc1n[nH]c(C)c1CCOc1cc(F)ccc1-c1ccc2nnc(CN(C)C)n2c1. The van der Waals surface area contributed by atoms with Gasteiger partial charge in [-0.3, -0.25) is 9.50 Å². The third kappa shape index (κ3) is 4.04. The molecule has 0 aliphatic rings. The fraction of sp³-hybridized carbons (Fsp3) is 0.318. The summed E-state index contributed by atoms with van der Waals surface area (Å²) in [4.78, 5) is 2.04. The van der Waals surface area contributed by atoms with Crippen molar-refractivity contribution in [1.29, 1.82) is 0 Å². The van der Waals surface area contributed by atoms with Gasteiger partial charge in [0.05, 0.1) is 18.8 Å². The number of hydrogen-bond acceptors (Lipinski definition) is 5. The molecule has 0 unspecified atom stereocenters. The minimum absolute atomic E-state index is 0.330. The van der Waals surface area contributed by atoms with Crippen LogP contribution < -0.4 is 4.74 Å². The average molecular weight is 408 g/mol. The van der Waals surface area contributed by atoms with E-state index in [1.165, 1.54) is 12.1 Å². The summed E-state index contributed by atoms with van der Waals surface area (Å²) in [6, 6.07) is 8.49. The Morgan fingerprint density at radius 1 is 1.13 bits per heavy atom. The lowest BCUT2D eigenvalue weighted by atomic mass is 10.1. The third-order valence-electron chi connectivity index (χ3n) is 5.08. The van der Waals surface area contributed by atoms with Crippen molar-refractivity contribution in [3.63, 3.8) is 0 Å². The van der Waals surface area contributed by atoms with Crippen molar-refractivity contribution in [2.75, 3.05) is 20.7 Å². The van der Waals surface area contributed by atoms with Crippen LogP contribution >= 0.6 is 0 Å². The van der Waals surface area contributed by atoms with Crippen LogP contribution in [0.4, 0.5) is 4.39 Å². The number of fused-ring (bicyclic) bond motifs is 1. The molecule has 0 saturated carbocycles. The highest BCUT2D eigenvalue weighted by molar-refractivity contribution is 5.71. The molecule has 0 aliphatic carbocycles. The number of nitrogens with one attached hydrogen (secondary N) is 1. The van der Waals surface area contributed by atoms with E-state index in [1.807, 2.05) is 55.6 Å². The van der Waals surface area contributed by atoms with Crippen molar-refractivity contribution in [3.05, 3.63) is 65.1 Å². The monoisotopic (exact) mass is 408 g/mol. The average Bonchev–Trinajstić information content (AvgIpc) is 3.25. The Hall–Kier alpha value is -3.26. The van der Waals surface area contributed by atoms with Gasteiger partial charge in [0.15, 0.2) is 11.5 Å². The molecule has 3 aromatic heterocycles. The molecule has 3 heterocycles. The zero-order valence-corrected chi connectivity index (χ0v) is 17.6. The molecule has 0 radical (unpaired) electrons. The van der Waals surface area contributed by atoms with E-state index >= 15 is 0 Å². The van der Waals surface area contributed by atoms with Gasteiger partial charge in [-0.05, 0) is 57.8 Å². The van der Waals surface area contributed by atoms with Crippen molar-refractivity contribution in [1.82, 2.24) is 29.7 Å². The van der Waals surface area contributed by atoms with Gasteiger partial charge in [-0.2, -0.15) is 5.10 Å². The highest BCUT2D eigenvalue weighted by atomic mass is 19.1. The first-order valence-electron chi connectivity index (χ1n) is 9.84. The second kappa shape index (κ2) is 8.23. The van der Waals surface area contributed by atoms with E-state index in [2.05, 4.69) is 20.4 Å². The van der Waals surface area contributed by atoms with Crippen LogP contribution in [0.25, 0.3) is 16.8 Å². The number of benzene rings is 1. The van der Waals surface area contributed by atoms with Gasteiger partial charge in [-0.1, -0.05) is 0 Å². The summed E-state index contributed by atoms with van der Waals surface area (Å²) >= 11 is 0. The van der Waals surface area contributed by atoms with Gasteiger partial charge in [0, 0.05) is 35.5 Å². The predicted octanol–water partition coefficient (Wildman–Crippen LogP) is 3.56. The third-order valence-corrected chi connectivity index (χ3v) is 5.08. The molecular weight excluding hydrogens is 383 g/mol. The number of rotatable bonds is 7. The number of H-pyrrole nitrogens is 1. The molecule has 0 fully saturated rings. The number of ether oxygens (including phenoxy) is 1. The Balaban J connectivity index is 1.62. The van der Waals surface area contributed by atoms with Gasteiger partial charge in [0.25, 0.3) is 0 Å². The smallest absolute Gasteiger partial charge is 0.160 e. The highest BCUT2D eigenvalue weighted by Crippen LogP contribution is 2.31. The maximum Gasteiger partial charge on any atom is 0.160 e. The second-order valence-corrected chi connectivity index (χ2v) is 7.65. The zero-order valence-electron chi connectivity index (χ0n) is 17.6. The van der Waals surface area contributed by atoms with E-state index < -0.39 is 0 Å². The number of aromatic nitrogens is 5. The summed E-state index contributed by atoms with van der Waals surface area (Å²) in [6.07, 6.45) is 2.67. The summed E-state index contributed by atoms with van der Waals surface area (Å²) in [5.74, 6) is 1.02. The molecule has 4 rings (SSSR count). The Morgan fingerprint density at radius 3 is 2.70 bits per heavy atom. The first kappa shape index (κ1) is 20.0. The van der Waals surface area contributed by atoms with Crippen LogP contribution in [0.1, 0.15) is 22.8 Å². The van der Waals surface area contributed by atoms with Crippen molar-refractivity contribution in [2.45, 2.75) is 26.8 Å². The first-order chi connectivity index (χ1) is 14.4. The summed E-state index contributed by atoms with van der Waals surface area (Å²) in [5, 5.41) is 15.7. The maximum absolute atomic E-state index is 14.0. The molecule has 0 aliphatic heterocycles. The lowest BCUT2D eigenvalue weighted by molar-refractivity contribution is 0.321. The van der Waals surface area contributed by atoms with Crippen LogP contribution in [0, 0.1) is 19.7 Å². The van der Waals surface area contributed by atoms with E-state index in [9.17, 15) is 4.39 Å². The van der Waals surface area contributed by atoms with Gasteiger partial charge in [-0.15, -0.1) is 10.2 Å². The number of aryl methyl sites for hydroxylation is 2. The van der Waals surface area contributed by atoms with Crippen molar-refractivity contribution in [3.8, 4) is 16.9 Å². The van der Waals surface area contributed by atoms with E-state index in [4.69, 9.17) is 4.74 Å². The number of pyridine rings is 1. The highest BCUT2D eigenvalue weighted by Gasteiger charge is 2.13. The zero-order chi connectivity index (χ0) is 21.3. The topological polar surface area (TPSA) is 71.3 Å². The number of aromatic amines is 1. The molecule has 30 heavy (non-hydrogen) atoms. The largest absolute Gasteiger partial charge is 0.492 e. The molecule has 156 valence electrons. The second-order valence-electron chi connectivity index (χ2n) is 7.65. The minimum atomic E-state index is -0.330. The summed E-state index contributed by atoms with van der Waals surface area (Å²) in [6.45, 7) is 5.05. The number of nitrogens with zero attached hydrogens (tertiary/aromatic N) is 5. The Kier molecular flexibility index (Phi) is 5.50. The molecule has 1 N–H and O–H groups in total. The Labute approximate surface area is 174 Å². The van der Waals surface area contributed by atoms with Gasteiger partial charge < -0.3 is 9.64 Å². The van der Waals surface area contributed by atoms with Crippen LogP contribution in [0.3, 0.4) is 0 Å². The van der Waals surface area contributed by atoms with E-state index in [0.29, 0.717) is 25.3 Å². The number of halogens is 1. The predicted molar refractivity (Wildman–Crippen MR) is 113 cm³/mol. The van der Waals surface area contributed by atoms with E-state index in [1.54, 1.807) is 6.07 Å². The summed E-state index contributed by atoms with van der Waals surface area (Å²) in [5.41, 5.74) is 5.62. The van der Waals surface area contributed by atoms with Crippen LogP contribution in [0.15, 0.2) is 36.5 Å². The quantitative estimate of drug-likeness (QED) is 0.506. The molecule has 0 bridgehead atoms. The normalized spacial score (nSPS) is 11.5. The lowest BCUT2D eigenvalue weighted by Crippen LogP contribution is -2.13. The summed E-state index contributed by atoms with van der Waals surface area (Å²) in [7, 11) is 3.97. The minimum Gasteiger partial charge on any atom is -0.492 e. The molecule has 0 amide bonds. The van der Waals surface area contributed by atoms with Crippen LogP contribution in [0.2, 0.25) is 0 Å². The van der Waals surface area contributed by atoms with Crippen LogP contribution in [-0.2, 0) is 13.0 Å². The molecular formula is C22H25FN6O. The standard InChI is InChI=1S/C22H25FN6O/c1-14-18(15(2)25-24-14)9-10-30-20-11-17(23)6-7-19(20)16-5-8-21-26-27-22(13-28(3)4)29(21)12-16/h5-8,11-12H,9-10,13H2,1-4H3,(H,24,25). The molecule has 7 nitrogen and oxygen atoms in total. The number of hydrogen-bond donors (Lipinski definition) is 1. The lowest BCUT2D eigenvalue weighted by Gasteiger charge is -2.13. The van der Waals surface area contributed by atoms with E-state index in [-0.39, 0.29) is 5.82 Å². The van der Waals surface area contributed by atoms with Gasteiger partial charge in [-0.25, -0.2) is 4.39 Å². The maximum atomic E-state index is 14.0. The summed E-state index contributed by atoms with van der Waals surface area (Å²) < 4.78 is 21.9.